The summed E-state index contributed by atoms with van der Waals surface area (Å²) in [6.07, 6.45) is 0. The van der Waals surface area contributed by atoms with Crippen LogP contribution >= 0.6 is 0 Å². The van der Waals surface area contributed by atoms with Gasteiger partial charge in [-0.3, -0.25) is 0 Å². The maximum absolute atomic E-state index is 13.7. The molecule has 0 aliphatic carbocycles. The molecule has 2 nitrogen and oxygen atoms in total. The monoisotopic (exact) mass is 249 g/mol. The molecule has 0 aromatic heterocycles. The van der Waals surface area contributed by atoms with Crippen molar-refractivity contribution >= 4 is 0 Å². The van der Waals surface area contributed by atoms with Crippen LogP contribution in [-0.4, -0.2) is 12.1 Å². The smallest absolute Gasteiger partial charge is 0.165 e. The Hall–Kier alpha value is -1.53. The van der Waals surface area contributed by atoms with Gasteiger partial charge in [0.15, 0.2) is 11.6 Å². The van der Waals surface area contributed by atoms with Gasteiger partial charge in [0.25, 0.3) is 0 Å². The highest BCUT2D eigenvalue weighted by Crippen LogP contribution is 2.18. The predicted molar refractivity (Wildman–Crippen MR) is 71.9 cm³/mol. The summed E-state index contributed by atoms with van der Waals surface area (Å²) in [7, 11) is 0. The fourth-order valence-electron chi connectivity index (χ4n) is 1.32. The summed E-state index contributed by atoms with van der Waals surface area (Å²) in [4.78, 5) is 0. The van der Waals surface area contributed by atoms with Crippen molar-refractivity contribution < 1.29 is 9.13 Å². The summed E-state index contributed by atoms with van der Waals surface area (Å²) < 4.78 is 18.9. The second-order valence-electron chi connectivity index (χ2n) is 5.08. The molecule has 0 spiro atoms. The van der Waals surface area contributed by atoms with Gasteiger partial charge in [-0.2, -0.15) is 0 Å². The van der Waals surface area contributed by atoms with Crippen LogP contribution < -0.4 is 10.1 Å². The molecule has 1 rings (SSSR count). The molecule has 3 heteroatoms. The number of rotatable bonds is 4. The van der Waals surface area contributed by atoms with Crippen LogP contribution in [0.25, 0.3) is 0 Å². The molecule has 1 aromatic carbocycles. The molecule has 98 valence electrons. The second-order valence-corrected chi connectivity index (χ2v) is 5.08. The van der Waals surface area contributed by atoms with Crippen LogP contribution in [-0.2, 0) is 6.54 Å². The van der Waals surface area contributed by atoms with Crippen molar-refractivity contribution in [2.45, 2.75) is 39.8 Å². The van der Waals surface area contributed by atoms with Crippen LogP contribution in [0, 0.1) is 17.7 Å². The van der Waals surface area contributed by atoms with Gasteiger partial charge in [0.05, 0.1) is 0 Å². The number of ether oxygens (including phenoxy) is 1. The van der Waals surface area contributed by atoms with Crippen molar-refractivity contribution in [1.29, 1.82) is 0 Å². The average molecular weight is 249 g/mol. The van der Waals surface area contributed by atoms with Gasteiger partial charge in [-0.25, -0.2) is 4.39 Å². The van der Waals surface area contributed by atoms with E-state index in [4.69, 9.17) is 4.74 Å². The summed E-state index contributed by atoms with van der Waals surface area (Å²) >= 11 is 0. The summed E-state index contributed by atoms with van der Waals surface area (Å²) in [5, 5.41) is 3.31. The zero-order valence-electron chi connectivity index (χ0n) is 11.4. The van der Waals surface area contributed by atoms with E-state index in [1.54, 1.807) is 13.0 Å². The standard InChI is InChI=1S/C15H20FNO/c1-5-6-9-18-14-8-7-12(10-13(14)16)11-17-15(2,3)4/h7-8,10,17H,9,11H2,1-4H3. The van der Waals surface area contributed by atoms with E-state index in [0.29, 0.717) is 6.54 Å². The zero-order chi connectivity index (χ0) is 13.6. The van der Waals surface area contributed by atoms with Crippen molar-refractivity contribution in [1.82, 2.24) is 5.32 Å². The molecule has 1 N–H and O–H groups in total. The minimum absolute atomic E-state index is 0.0162. The van der Waals surface area contributed by atoms with E-state index >= 15 is 0 Å². The van der Waals surface area contributed by atoms with Gasteiger partial charge in [0.2, 0.25) is 0 Å². The number of halogens is 1. The normalized spacial score (nSPS) is 10.7. The molecular weight excluding hydrogens is 229 g/mol. The van der Waals surface area contributed by atoms with Gasteiger partial charge < -0.3 is 10.1 Å². The Bertz CT molecular complexity index is 452. The first-order chi connectivity index (χ1) is 8.42. The molecule has 0 bridgehead atoms. The Labute approximate surface area is 109 Å². The summed E-state index contributed by atoms with van der Waals surface area (Å²) in [6.45, 7) is 8.79. The maximum Gasteiger partial charge on any atom is 0.165 e. The number of benzene rings is 1. The lowest BCUT2D eigenvalue weighted by Gasteiger charge is -2.20. The number of hydrogen-bond acceptors (Lipinski definition) is 2. The van der Waals surface area contributed by atoms with Gasteiger partial charge in [-0.05, 0) is 45.4 Å². The van der Waals surface area contributed by atoms with Crippen LogP contribution in [0.5, 0.6) is 5.75 Å². The van der Waals surface area contributed by atoms with Crippen LogP contribution in [0.4, 0.5) is 4.39 Å². The van der Waals surface area contributed by atoms with Crippen LogP contribution in [0.3, 0.4) is 0 Å². The second kappa shape index (κ2) is 6.42. The molecule has 0 amide bonds. The lowest BCUT2D eigenvalue weighted by atomic mass is 10.1. The molecule has 0 unspecified atom stereocenters. The highest BCUT2D eigenvalue weighted by Gasteiger charge is 2.10. The SMILES string of the molecule is CC#CCOc1ccc(CNC(C)(C)C)cc1F. The third kappa shape index (κ3) is 5.20. The van der Waals surface area contributed by atoms with Crippen LogP contribution in [0.1, 0.15) is 33.3 Å². The van der Waals surface area contributed by atoms with Gasteiger partial charge in [-0.1, -0.05) is 12.0 Å². The van der Waals surface area contributed by atoms with Crippen molar-refractivity contribution in [3.05, 3.63) is 29.6 Å². The van der Waals surface area contributed by atoms with E-state index in [-0.39, 0.29) is 23.7 Å². The number of hydrogen-bond donors (Lipinski definition) is 1. The van der Waals surface area contributed by atoms with E-state index in [1.807, 2.05) is 6.07 Å². The molecule has 18 heavy (non-hydrogen) atoms. The molecule has 0 saturated carbocycles. The average Bonchev–Trinajstić information content (AvgIpc) is 2.28. The van der Waals surface area contributed by atoms with Gasteiger partial charge in [-0.15, -0.1) is 5.92 Å². The molecule has 0 radical (unpaired) electrons. The topological polar surface area (TPSA) is 21.3 Å². The van der Waals surface area contributed by atoms with Crippen LogP contribution in [0.15, 0.2) is 18.2 Å². The highest BCUT2D eigenvalue weighted by atomic mass is 19.1. The number of nitrogens with one attached hydrogen (secondary N) is 1. The first-order valence-corrected chi connectivity index (χ1v) is 5.98. The Morgan fingerprint density at radius 2 is 2.06 bits per heavy atom. The maximum atomic E-state index is 13.7. The van der Waals surface area contributed by atoms with E-state index in [9.17, 15) is 4.39 Å². The quantitative estimate of drug-likeness (QED) is 0.828. The lowest BCUT2D eigenvalue weighted by Crippen LogP contribution is -2.35. The third-order valence-electron chi connectivity index (χ3n) is 2.30. The first-order valence-electron chi connectivity index (χ1n) is 5.98. The van der Waals surface area contributed by atoms with Crippen molar-refractivity contribution in [2.75, 3.05) is 6.61 Å². The molecule has 0 heterocycles. The van der Waals surface area contributed by atoms with Gasteiger partial charge in [0.1, 0.15) is 6.61 Å². The van der Waals surface area contributed by atoms with Crippen molar-refractivity contribution in [3.8, 4) is 17.6 Å². The minimum Gasteiger partial charge on any atom is -0.478 e. The van der Waals surface area contributed by atoms with E-state index in [2.05, 4.69) is 37.9 Å². The predicted octanol–water partition coefficient (Wildman–Crippen LogP) is 3.12. The molecule has 0 aliphatic heterocycles. The van der Waals surface area contributed by atoms with Crippen molar-refractivity contribution in [2.24, 2.45) is 0 Å². The Balaban J connectivity index is 2.63. The zero-order valence-corrected chi connectivity index (χ0v) is 11.4. The fourth-order valence-corrected chi connectivity index (χ4v) is 1.32. The van der Waals surface area contributed by atoms with Gasteiger partial charge >= 0.3 is 0 Å². The minimum atomic E-state index is -0.346. The molecule has 1 aromatic rings. The lowest BCUT2D eigenvalue weighted by molar-refractivity contribution is 0.347. The third-order valence-corrected chi connectivity index (χ3v) is 2.30. The summed E-state index contributed by atoms with van der Waals surface area (Å²) in [5.41, 5.74) is 0.916. The molecule has 0 fully saturated rings. The van der Waals surface area contributed by atoms with Gasteiger partial charge in [0, 0.05) is 12.1 Å². The largest absolute Gasteiger partial charge is 0.478 e. The molecule has 0 atom stereocenters. The summed E-state index contributed by atoms with van der Waals surface area (Å²) in [6, 6.07) is 5.00. The molecular formula is C15H20FNO. The molecule has 0 aliphatic rings. The summed E-state index contributed by atoms with van der Waals surface area (Å²) in [5.74, 6) is 5.33. The Morgan fingerprint density at radius 3 is 2.61 bits per heavy atom. The Kier molecular flexibility index (Phi) is 5.18. The molecule has 0 saturated heterocycles. The van der Waals surface area contributed by atoms with Crippen LogP contribution in [0.2, 0.25) is 0 Å². The van der Waals surface area contributed by atoms with E-state index in [0.717, 1.165) is 5.56 Å². The highest BCUT2D eigenvalue weighted by molar-refractivity contribution is 5.29. The van der Waals surface area contributed by atoms with E-state index in [1.165, 1.54) is 6.07 Å². The van der Waals surface area contributed by atoms with E-state index < -0.39 is 0 Å². The first kappa shape index (κ1) is 14.5. The van der Waals surface area contributed by atoms with Crippen molar-refractivity contribution in [3.63, 3.8) is 0 Å². The Morgan fingerprint density at radius 1 is 1.33 bits per heavy atom. The fraction of sp³-hybridized carbons (Fsp3) is 0.467.